The highest BCUT2D eigenvalue weighted by Crippen LogP contribution is 2.26. The summed E-state index contributed by atoms with van der Waals surface area (Å²) < 4.78 is 2.01. The molecule has 3 N–H and O–H groups in total. The number of hydrogen-bond acceptors (Lipinski definition) is 5. The van der Waals surface area contributed by atoms with Gasteiger partial charge in [-0.15, -0.1) is 0 Å². The summed E-state index contributed by atoms with van der Waals surface area (Å²) in [6, 6.07) is 0. The summed E-state index contributed by atoms with van der Waals surface area (Å²) >= 11 is 6.09. The van der Waals surface area contributed by atoms with Crippen LogP contribution < -0.4 is 10.6 Å². The average Bonchev–Trinajstić information content (AvgIpc) is 3.32. The Bertz CT molecular complexity index is 852. The van der Waals surface area contributed by atoms with Crippen LogP contribution in [0.4, 0.5) is 5.82 Å². The molecule has 8 heteroatoms. The predicted molar refractivity (Wildman–Crippen MR) is 131 cm³/mol. The number of anilines is 1. The molecule has 170 valence electrons. The molecule has 31 heavy (non-hydrogen) atoms. The molecule has 0 bridgehead atoms. The minimum Gasteiger partial charge on any atom is -0.382 e. The number of aromatic amines is 1. The van der Waals surface area contributed by atoms with Crippen molar-refractivity contribution in [3.05, 3.63) is 60.8 Å². The van der Waals surface area contributed by atoms with Gasteiger partial charge in [0.15, 0.2) is 5.82 Å². The Hall–Kier alpha value is -2.67. The van der Waals surface area contributed by atoms with Gasteiger partial charge in [-0.05, 0) is 43.5 Å². The molecule has 0 aromatic carbocycles. The van der Waals surface area contributed by atoms with E-state index < -0.39 is 0 Å². The molecular weight excluding hydrogens is 410 g/mol. The van der Waals surface area contributed by atoms with Gasteiger partial charge in [0.2, 0.25) is 5.28 Å². The molecule has 2 heterocycles. The van der Waals surface area contributed by atoms with E-state index in [1.165, 1.54) is 12.8 Å². The second-order valence-electron chi connectivity index (χ2n) is 7.61. The first kappa shape index (κ1) is 24.6. The van der Waals surface area contributed by atoms with E-state index in [9.17, 15) is 0 Å². The zero-order valence-corrected chi connectivity index (χ0v) is 19.6. The molecule has 0 atom stereocenters. The maximum atomic E-state index is 6.09. The van der Waals surface area contributed by atoms with Gasteiger partial charge in [0, 0.05) is 38.2 Å². The predicted octanol–water partition coefficient (Wildman–Crippen LogP) is 5.29. The molecule has 0 aliphatic carbocycles. The summed E-state index contributed by atoms with van der Waals surface area (Å²) in [5.41, 5.74) is 2.74. The fraction of sp³-hybridized carbons (Fsp3) is 0.478. The molecular formula is C23H36ClN7. The van der Waals surface area contributed by atoms with Crippen LogP contribution in [-0.2, 0) is 13.6 Å². The van der Waals surface area contributed by atoms with Crippen molar-refractivity contribution in [2.75, 3.05) is 18.4 Å². The third-order valence-corrected chi connectivity index (χ3v) is 5.37. The van der Waals surface area contributed by atoms with E-state index in [4.69, 9.17) is 11.6 Å². The van der Waals surface area contributed by atoms with E-state index in [2.05, 4.69) is 57.1 Å². The van der Waals surface area contributed by atoms with Crippen molar-refractivity contribution in [2.45, 2.75) is 52.0 Å². The van der Waals surface area contributed by atoms with Gasteiger partial charge in [0.1, 0.15) is 11.5 Å². The first-order valence-corrected chi connectivity index (χ1v) is 11.3. The fourth-order valence-corrected chi connectivity index (χ4v) is 3.53. The van der Waals surface area contributed by atoms with Crippen molar-refractivity contribution in [1.82, 2.24) is 29.7 Å². The molecule has 0 spiro atoms. The Morgan fingerprint density at radius 2 is 2.00 bits per heavy atom. The molecule has 0 aliphatic rings. The Morgan fingerprint density at radius 3 is 2.65 bits per heavy atom. The first-order valence-electron chi connectivity index (χ1n) is 10.9. The Balaban J connectivity index is 1.86. The van der Waals surface area contributed by atoms with Gasteiger partial charge in [-0.25, -0.2) is 4.98 Å². The standard InChI is InChI=1S/C23H36ClN7/c1-6-8-10-14-31(19(4)21-22(25-7-2)29-23(24)28-21)15-11-9-12-18(3)27-17-20-26-13-16-30(20)5/h7,13,16,25,27H,2-4,6,8-12,14-15,17H2,1,5H3,(H,28,29). The Morgan fingerprint density at radius 1 is 1.26 bits per heavy atom. The molecule has 0 amide bonds. The van der Waals surface area contributed by atoms with Gasteiger partial charge in [0.05, 0.1) is 12.2 Å². The molecule has 0 aliphatic heterocycles. The monoisotopic (exact) mass is 445 g/mol. The quantitative estimate of drug-likeness (QED) is 0.306. The number of H-pyrrole nitrogens is 1. The van der Waals surface area contributed by atoms with Crippen molar-refractivity contribution in [1.29, 1.82) is 0 Å². The maximum absolute atomic E-state index is 6.09. The van der Waals surface area contributed by atoms with Gasteiger partial charge in [-0.1, -0.05) is 39.5 Å². The Kier molecular flexibility index (Phi) is 10.2. The van der Waals surface area contributed by atoms with Crippen LogP contribution in [0.25, 0.3) is 5.70 Å². The lowest BCUT2D eigenvalue weighted by Gasteiger charge is -2.27. The van der Waals surface area contributed by atoms with Gasteiger partial charge < -0.3 is 25.1 Å². The zero-order valence-electron chi connectivity index (χ0n) is 18.9. The van der Waals surface area contributed by atoms with Crippen molar-refractivity contribution in [3.63, 3.8) is 0 Å². The lowest BCUT2D eigenvalue weighted by molar-refractivity contribution is 0.372. The summed E-state index contributed by atoms with van der Waals surface area (Å²) in [6.45, 7) is 17.0. The minimum atomic E-state index is 0.337. The topological polar surface area (TPSA) is 73.8 Å². The van der Waals surface area contributed by atoms with Gasteiger partial charge >= 0.3 is 0 Å². The number of allylic oxidation sites excluding steroid dienone is 1. The number of nitrogens with zero attached hydrogens (tertiary/aromatic N) is 4. The van der Waals surface area contributed by atoms with E-state index in [1.807, 2.05) is 24.0 Å². The molecule has 0 saturated heterocycles. The second-order valence-corrected chi connectivity index (χ2v) is 7.97. The van der Waals surface area contributed by atoms with E-state index in [0.29, 0.717) is 17.6 Å². The third kappa shape index (κ3) is 7.83. The first-order chi connectivity index (χ1) is 15.0. The molecule has 2 rings (SSSR count). The number of imidazole rings is 2. The highest BCUT2D eigenvalue weighted by Gasteiger charge is 2.17. The summed E-state index contributed by atoms with van der Waals surface area (Å²) in [5.74, 6) is 1.65. The minimum absolute atomic E-state index is 0.337. The van der Waals surface area contributed by atoms with Crippen LogP contribution in [0.1, 0.15) is 57.0 Å². The number of halogens is 1. The van der Waals surface area contributed by atoms with Crippen LogP contribution in [-0.4, -0.2) is 37.5 Å². The largest absolute Gasteiger partial charge is 0.382 e. The summed E-state index contributed by atoms with van der Waals surface area (Å²) in [4.78, 5) is 14.0. The van der Waals surface area contributed by atoms with Crippen LogP contribution >= 0.6 is 11.6 Å². The van der Waals surface area contributed by atoms with Crippen molar-refractivity contribution >= 4 is 23.1 Å². The van der Waals surface area contributed by atoms with Crippen LogP contribution in [0, 0.1) is 0 Å². The van der Waals surface area contributed by atoms with E-state index >= 15 is 0 Å². The van der Waals surface area contributed by atoms with Crippen LogP contribution in [0.15, 0.2) is 44.0 Å². The molecule has 0 radical (unpaired) electrons. The number of unbranched alkanes of at least 4 members (excludes halogenated alkanes) is 3. The summed E-state index contributed by atoms with van der Waals surface area (Å²) in [6.07, 6.45) is 11.9. The van der Waals surface area contributed by atoms with Crippen molar-refractivity contribution < 1.29 is 0 Å². The van der Waals surface area contributed by atoms with Crippen molar-refractivity contribution in [2.24, 2.45) is 7.05 Å². The summed E-state index contributed by atoms with van der Waals surface area (Å²) in [7, 11) is 2.00. The second kappa shape index (κ2) is 12.9. The average molecular weight is 446 g/mol. The number of nitrogens with one attached hydrogen (secondary N) is 3. The van der Waals surface area contributed by atoms with Gasteiger partial charge in [-0.3, -0.25) is 0 Å². The Labute approximate surface area is 191 Å². The maximum Gasteiger partial charge on any atom is 0.202 e. The number of aromatic nitrogens is 4. The molecule has 0 saturated carbocycles. The van der Waals surface area contributed by atoms with Crippen molar-refractivity contribution in [3.8, 4) is 0 Å². The molecule has 2 aromatic rings. The van der Waals surface area contributed by atoms with E-state index in [0.717, 1.165) is 61.7 Å². The van der Waals surface area contributed by atoms with E-state index in [-0.39, 0.29) is 0 Å². The molecule has 2 aromatic heterocycles. The van der Waals surface area contributed by atoms with Gasteiger partial charge in [-0.2, -0.15) is 4.98 Å². The zero-order chi connectivity index (χ0) is 22.6. The molecule has 0 fully saturated rings. The van der Waals surface area contributed by atoms with Crippen LogP contribution in [0.2, 0.25) is 5.28 Å². The van der Waals surface area contributed by atoms with Gasteiger partial charge in [0.25, 0.3) is 0 Å². The number of hydrogen-bond donors (Lipinski definition) is 3. The molecule has 0 unspecified atom stereocenters. The smallest absolute Gasteiger partial charge is 0.202 e. The lowest BCUT2D eigenvalue weighted by atomic mass is 10.1. The number of aryl methyl sites for hydroxylation is 1. The highest BCUT2D eigenvalue weighted by atomic mass is 35.5. The van der Waals surface area contributed by atoms with Crippen LogP contribution in [0.3, 0.4) is 0 Å². The highest BCUT2D eigenvalue weighted by molar-refractivity contribution is 6.28. The lowest BCUT2D eigenvalue weighted by Crippen LogP contribution is -2.25. The normalized spacial score (nSPS) is 10.7. The fourth-order valence-electron chi connectivity index (χ4n) is 3.35. The van der Waals surface area contributed by atoms with Crippen LogP contribution in [0.5, 0.6) is 0 Å². The summed E-state index contributed by atoms with van der Waals surface area (Å²) in [5, 5.41) is 6.75. The SMILES string of the molecule is C=CNc1nc(Cl)[nH]c1C(=C)N(CCCCC)CCCCC(=C)NCc1nccn1C. The molecule has 7 nitrogen and oxygen atoms in total. The number of rotatable bonds is 16. The van der Waals surface area contributed by atoms with E-state index in [1.54, 1.807) is 6.20 Å². The third-order valence-electron chi connectivity index (χ3n) is 5.19.